The minimum atomic E-state index is -0.568. The molecular formula is C16H21NO4. The van der Waals surface area contributed by atoms with E-state index in [9.17, 15) is 9.59 Å². The molecule has 0 bridgehead atoms. The molecule has 1 aliphatic rings. The first-order chi connectivity index (χ1) is 9.81. The lowest BCUT2D eigenvalue weighted by Gasteiger charge is -2.28. The summed E-state index contributed by atoms with van der Waals surface area (Å²) < 4.78 is 10.2. The number of rotatable bonds is 2. The van der Waals surface area contributed by atoms with E-state index in [4.69, 9.17) is 9.47 Å². The summed E-state index contributed by atoms with van der Waals surface area (Å²) in [5.41, 5.74) is 1.45. The molecule has 2 rings (SSSR count). The van der Waals surface area contributed by atoms with Gasteiger partial charge < -0.3 is 9.47 Å². The van der Waals surface area contributed by atoms with Crippen LogP contribution in [-0.4, -0.2) is 29.7 Å². The van der Waals surface area contributed by atoms with Crippen LogP contribution in [0.15, 0.2) is 24.3 Å². The van der Waals surface area contributed by atoms with E-state index >= 15 is 0 Å². The second-order valence-electron chi connectivity index (χ2n) is 6.10. The van der Waals surface area contributed by atoms with Crippen LogP contribution in [0, 0.1) is 0 Å². The predicted molar refractivity (Wildman–Crippen MR) is 77.6 cm³/mol. The smallest absolute Gasteiger partial charge is 0.411 e. The zero-order valence-corrected chi connectivity index (χ0v) is 12.9. The van der Waals surface area contributed by atoms with Crippen LogP contribution in [0.3, 0.4) is 0 Å². The van der Waals surface area contributed by atoms with Crippen molar-refractivity contribution in [3.63, 3.8) is 0 Å². The zero-order chi connectivity index (χ0) is 15.6. The Hall–Kier alpha value is -2.04. The van der Waals surface area contributed by atoms with Crippen molar-refractivity contribution in [2.75, 3.05) is 7.11 Å². The summed E-state index contributed by atoms with van der Waals surface area (Å²) in [7, 11) is 1.35. The number of nitrogens with zero attached hydrogens (tertiary/aromatic N) is 1. The third kappa shape index (κ3) is 3.54. The number of hydrogen-bond acceptors (Lipinski definition) is 4. The molecule has 0 saturated carbocycles. The van der Waals surface area contributed by atoms with Gasteiger partial charge in [0, 0.05) is 6.54 Å². The van der Waals surface area contributed by atoms with Crippen LogP contribution in [0.5, 0.6) is 0 Å². The molecule has 1 heterocycles. The molecule has 1 amide bonds. The summed E-state index contributed by atoms with van der Waals surface area (Å²) in [4.78, 5) is 25.6. The van der Waals surface area contributed by atoms with E-state index in [1.807, 2.05) is 45.0 Å². The van der Waals surface area contributed by atoms with Crippen LogP contribution >= 0.6 is 0 Å². The molecule has 1 atom stereocenters. The maximum Gasteiger partial charge on any atom is 0.411 e. The molecule has 1 aliphatic heterocycles. The lowest BCUT2D eigenvalue weighted by molar-refractivity contribution is -0.141. The Bertz CT molecular complexity index is 547. The van der Waals surface area contributed by atoms with E-state index in [1.54, 1.807) is 4.90 Å². The molecule has 5 nitrogen and oxygen atoms in total. The molecule has 21 heavy (non-hydrogen) atoms. The van der Waals surface area contributed by atoms with Crippen molar-refractivity contribution in [3.8, 4) is 0 Å². The van der Waals surface area contributed by atoms with Crippen LogP contribution in [-0.2, 0) is 20.8 Å². The molecule has 0 aliphatic carbocycles. The molecule has 0 radical (unpaired) electrons. The van der Waals surface area contributed by atoms with Crippen LogP contribution < -0.4 is 0 Å². The molecule has 0 saturated heterocycles. The first-order valence-electron chi connectivity index (χ1n) is 6.96. The Labute approximate surface area is 124 Å². The number of carbonyl (C=O) groups excluding carboxylic acids is 2. The number of ether oxygens (including phenoxy) is 2. The number of fused-ring (bicyclic) bond motifs is 1. The quantitative estimate of drug-likeness (QED) is 0.786. The molecule has 0 unspecified atom stereocenters. The van der Waals surface area contributed by atoms with Crippen LogP contribution in [0.4, 0.5) is 4.79 Å². The van der Waals surface area contributed by atoms with E-state index in [0.717, 1.165) is 11.1 Å². The van der Waals surface area contributed by atoms with Gasteiger partial charge in [0.25, 0.3) is 0 Å². The van der Waals surface area contributed by atoms with Crippen LogP contribution in [0.2, 0.25) is 0 Å². The molecule has 0 fully saturated rings. The molecule has 0 spiro atoms. The minimum Gasteiger partial charge on any atom is -0.469 e. The Kier molecular flexibility index (Phi) is 4.21. The van der Waals surface area contributed by atoms with E-state index < -0.39 is 11.7 Å². The third-order valence-corrected chi connectivity index (χ3v) is 3.35. The lowest BCUT2D eigenvalue weighted by atomic mass is 10.0. The van der Waals surface area contributed by atoms with Gasteiger partial charge in [0.2, 0.25) is 0 Å². The first-order valence-corrected chi connectivity index (χ1v) is 6.96. The molecule has 0 N–H and O–H groups in total. The highest BCUT2D eigenvalue weighted by atomic mass is 16.6. The van der Waals surface area contributed by atoms with E-state index in [2.05, 4.69) is 0 Å². The standard InChI is InChI=1S/C16H21NO4/c1-16(2,3)21-15(19)17-10-11-7-5-6-8-12(11)13(17)9-14(18)20-4/h5-8,13H,9-10H2,1-4H3/t13-/m1/s1. The van der Waals surface area contributed by atoms with Crippen molar-refractivity contribution in [2.24, 2.45) is 0 Å². The number of methoxy groups -OCH3 is 1. The van der Waals surface area contributed by atoms with E-state index in [-0.39, 0.29) is 18.4 Å². The second-order valence-corrected chi connectivity index (χ2v) is 6.10. The number of esters is 1. The molecule has 1 aromatic carbocycles. The van der Waals surface area contributed by atoms with Crippen molar-refractivity contribution in [3.05, 3.63) is 35.4 Å². The van der Waals surface area contributed by atoms with Crippen molar-refractivity contribution in [1.29, 1.82) is 0 Å². The van der Waals surface area contributed by atoms with Gasteiger partial charge in [-0.05, 0) is 31.9 Å². The Morgan fingerprint density at radius 1 is 1.29 bits per heavy atom. The predicted octanol–water partition coefficient (Wildman–Crippen LogP) is 3.04. The van der Waals surface area contributed by atoms with Crippen molar-refractivity contribution in [2.45, 2.75) is 45.4 Å². The fourth-order valence-corrected chi connectivity index (χ4v) is 2.44. The van der Waals surface area contributed by atoms with Crippen molar-refractivity contribution < 1.29 is 19.1 Å². The average molecular weight is 291 g/mol. The summed E-state index contributed by atoms with van der Waals surface area (Å²) in [6.07, 6.45) is -0.278. The van der Waals surface area contributed by atoms with E-state index in [0.29, 0.717) is 6.54 Å². The molecule has 5 heteroatoms. The fourth-order valence-electron chi connectivity index (χ4n) is 2.44. The van der Waals surface area contributed by atoms with Gasteiger partial charge >= 0.3 is 12.1 Å². The van der Waals surface area contributed by atoms with Gasteiger partial charge in [0.15, 0.2) is 0 Å². The Morgan fingerprint density at radius 3 is 2.57 bits per heavy atom. The zero-order valence-electron chi connectivity index (χ0n) is 12.9. The van der Waals surface area contributed by atoms with Gasteiger partial charge in [-0.3, -0.25) is 9.69 Å². The van der Waals surface area contributed by atoms with Gasteiger partial charge in [-0.1, -0.05) is 24.3 Å². The minimum absolute atomic E-state index is 0.132. The largest absolute Gasteiger partial charge is 0.469 e. The van der Waals surface area contributed by atoms with Crippen LogP contribution in [0.1, 0.15) is 44.4 Å². The van der Waals surface area contributed by atoms with Gasteiger partial charge in [0.05, 0.1) is 19.6 Å². The number of benzene rings is 1. The highest BCUT2D eigenvalue weighted by Gasteiger charge is 2.37. The molecule has 1 aromatic rings. The van der Waals surface area contributed by atoms with Gasteiger partial charge in [-0.2, -0.15) is 0 Å². The molecular weight excluding hydrogens is 270 g/mol. The second kappa shape index (κ2) is 5.76. The monoisotopic (exact) mass is 291 g/mol. The molecule has 114 valence electrons. The van der Waals surface area contributed by atoms with Crippen molar-refractivity contribution in [1.82, 2.24) is 4.90 Å². The highest BCUT2D eigenvalue weighted by molar-refractivity contribution is 5.74. The Morgan fingerprint density at radius 2 is 1.95 bits per heavy atom. The number of amides is 1. The van der Waals surface area contributed by atoms with Crippen LogP contribution in [0.25, 0.3) is 0 Å². The fraction of sp³-hybridized carbons (Fsp3) is 0.500. The lowest BCUT2D eigenvalue weighted by Crippen LogP contribution is -2.36. The number of hydrogen-bond donors (Lipinski definition) is 0. The summed E-state index contributed by atoms with van der Waals surface area (Å²) in [6, 6.07) is 7.40. The SMILES string of the molecule is COC(=O)C[C@@H]1c2ccccc2CN1C(=O)OC(C)(C)C. The normalized spacial score (nSPS) is 17.3. The third-order valence-electron chi connectivity index (χ3n) is 3.35. The van der Waals surface area contributed by atoms with E-state index in [1.165, 1.54) is 7.11 Å². The summed E-state index contributed by atoms with van der Waals surface area (Å²) in [5, 5.41) is 0. The van der Waals surface area contributed by atoms with Gasteiger partial charge in [-0.25, -0.2) is 4.79 Å². The highest BCUT2D eigenvalue weighted by Crippen LogP contribution is 2.37. The topological polar surface area (TPSA) is 55.8 Å². The van der Waals surface area contributed by atoms with Gasteiger partial charge in [-0.15, -0.1) is 0 Å². The summed E-state index contributed by atoms with van der Waals surface area (Å²) in [6.45, 7) is 5.92. The average Bonchev–Trinajstić information content (AvgIpc) is 2.76. The number of carbonyl (C=O) groups is 2. The summed E-state index contributed by atoms with van der Waals surface area (Å²) >= 11 is 0. The first kappa shape index (κ1) is 15.4. The Balaban J connectivity index is 2.25. The summed E-state index contributed by atoms with van der Waals surface area (Å²) in [5.74, 6) is -0.342. The molecule has 0 aromatic heterocycles. The van der Waals surface area contributed by atoms with Crippen molar-refractivity contribution >= 4 is 12.1 Å². The maximum absolute atomic E-state index is 12.4. The maximum atomic E-state index is 12.4. The van der Waals surface area contributed by atoms with Gasteiger partial charge in [0.1, 0.15) is 5.60 Å².